The number of methoxy groups -OCH3 is 1. The topological polar surface area (TPSA) is 96.7 Å². The highest BCUT2D eigenvalue weighted by Crippen LogP contribution is 2.34. The average Bonchev–Trinajstić information content (AvgIpc) is 2.84. The average molecular weight is 435 g/mol. The summed E-state index contributed by atoms with van der Waals surface area (Å²) in [6.07, 6.45) is 1.39. The number of nitrogens with zero attached hydrogens (tertiary/aromatic N) is 5. The molecule has 0 saturated carbocycles. The van der Waals surface area contributed by atoms with Crippen molar-refractivity contribution < 1.29 is 9.66 Å². The van der Waals surface area contributed by atoms with Crippen molar-refractivity contribution in [2.75, 3.05) is 48.4 Å². The second-order valence-corrected chi connectivity index (χ2v) is 7.60. The third-order valence-corrected chi connectivity index (χ3v) is 5.66. The van der Waals surface area contributed by atoms with Gasteiger partial charge in [-0.1, -0.05) is 30.3 Å². The first-order valence-electron chi connectivity index (χ1n) is 10.5. The predicted octanol–water partition coefficient (Wildman–Crippen LogP) is 3.89. The van der Waals surface area contributed by atoms with Gasteiger partial charge in [-0.15, -0.1) is 0 Å². The zero-order valence-electron chi connectivity index (χ0n) is 18.1. The summed E-state index contributed by atoms with van der Waals surface area (Å²) < 4.78 is 5.22. The van der Waals surface area contributed by atoms with Crippen molar-refractivity contribution in [3.05, 3.63) is 76.6 Å². The van der Waals surface area contributed by atoms with E-state index in [-0.39, 0.29) is 17.5 Å². The molecule has 0 spiro atoms. The number of aromatic nitrogens is 2. The van der Waals surface area contributed by atoms with Gasteiger partial charge < -0.3 is 19.9 Å². The third-order valence-electron chi connectivity index (χ3n) is 5.66. The molecular weight excluding hydrogens is 408 g/mol. The summed E-state index contributed by atoms with van der Waals surface area (Å²) in [5.41, 5.74) is 2.03. The molecule has 9 nitrogen and oxygen atoms in total. The molecule has 3 aromatic rings. The van der Waals surface area contributed by atoms with Crippen molar-refractivity contribution in [2.45, 2.75) is 13.0 Å². The van der Waals surface area contributed by atoms with Crippen LogP contribution in [0.1, 0.15) is 18.5 Å². The van der Waals surface area contributed by atoms with Crippen LogP contribution in [-0.2, 0) is 0 Å². The van der Waals surface area contributed by atoms with E-state index >= 15 is 0 Å². The van der Waals surface area contributed by atoms with E-state index < -0.39 is 4.92 Å². The molecule has 0 bridgehead atoms. The number of nitro groups is 1. The Morgan fingerprint density at radius 1 is 1.00 bits per heavy atom. The molecule has 2 heterocycles. The van der Waals surface area contributed by atoms with Crippen molar-refractivity contribution in [2.24, 2.45) is 0 Å². The van der Waals surface area contributed by atoms with Gasteiger partial charge in [0.25, 0.3) is 0 Å². The van der Waals surface area contributed by atoms with E-state index in [4.69, 9.17) is 4.74 Å². The molecule has 0 amide bonds. The molecular formula is C23H26N6O3. The van der Waals surface area contributed by atoms with Crippen LogP contribution < -0.4 is 19.9 Å². The molecule has 1 saturated heterocycles. The fourth-order valence-electron chi connectivity index (χ4n) is 3.87. The van der Waals surface area contributed by atoms with Crippen LogP contribution in [0.15, 0.2) is 60.9 Å². The van der Waals surface area contributed by atoms with Gasteiger partial charge in [0, 0.05) is 31.9 Å². The minimum absolute atomic E-state index is 0.0896. The van der Waals surface area contributed by atoms with Crippen molar-refractivity contribution in [1.82, 2.24) is 9.97 Å². The highest BCUT2D eigenvalue weighted by molar-refractivity contribution is 5.71. The number of rotatable bonds is 7. The molecule has 1 N–H and O–H groups in total. The number of anilines is 3. The van der Waals surface area contributed by atoms with Crippen LogP contribution in [0.25, 0.3) is 0 Å². The molecule has 2 aromatic carbocycles. The van der Waals surface area contributed by atoms with Gasteiger partial charge in [-0.25, -0.2) is 9.97 Å². The molecule has 9 heteroatoms. The lowest BCUT2D eigenvalue weighted by Crippen LogP contribution is -2.47. The SMILES string of the molecule is COc1ccc(N2CCN(c3ncnc(NC(C)c4ccccc4)c3[N+](=O)[O-])CC2)cc1. The molecule has 1 aliphatic heterocycles. The number of piperazine rings is 1. The molecule has 1 atom stereocenters. The van der Waals surface area contributed by atoms with E-state index in [2.05, 4.69) is 20.2 Å². The van der Waals surface area contributed by atoms with E-state index in [0.29, 0.717) is 18.9 Å². The number of ether oxygens (including phenoxy) is 1. The van der Waals surface area contributed by atoms with E-state index in [1.807, 2.05) is 66.4 Å². The first kappa shape index (κ1) is 21.4. The van der Waals surface area contributed by atoms with E-state index in [1.165, 1.54) is 6.33 Å². The maximum absolute atomic E-state index is 12.0. The zero-order valence-corrected chi connectivity index (χ0v) is 18.1. The van der Waals surface area contributed by atoms with Crippen LogP contribution in [0.4, 0.5) is 23.0 Å². The summed E-state index contributed by atoms with van der Waals surface area (Å²) in [7, 11) is 1.64. The summed E-state index contributed by atoms with van der Waals surface area (Å²) in [5.74, 6) is 1.39. The second kappa shape index (κ2) is 9.51. The number of hydrogen-bond acceptors (Lipinski definition) is 8. The van der Waals surface area contributed by atoms with E-state index in [9.17, 15) is 10.1 Å². The largest absolute Gasteiger partial charge is 0.497 e. The Balaban J connectivity index is 1.51. The maximum atomic E-state index is 12.0. The highest BCUT2D eigenvalue weighted by atomic mass is 16.6. The molecule has 166 valence electrons. The van der Waals surface area contributed by atoms with Crippen LogP contribution in [0.3, 0.4) is 0 Å². The van der Waals surface area contributed by atoms with Crippen molar-refractivity contribution in [3.63, 3.8) is 0 Å². The number of benzene rings is 2. The Bertz CT molecular complexity index is 1050. The maximum Gasteiger partial charge on any atom is 0.353 e. The summed E-state index contributed by atoms with van der Waals surface area (Å²) in [6.45, 7) is 4.66. The quantitative estimate of drug-likeness (QED) is 0.442. The predicted molar refractivity (Wildman–Crippen MR) is 125 cm³/mol. The normalized spacial score (nSPS) is 14.7. The molecule has 1 aliphatic rings. The van der Waals surface area contributed by atoms with Crippen LogP contribution in [0.5, 0.6) is 5.75 Å². The Morgan fingerprint density at radius 3 is 2.28 bits per heavy atom. The van der Waals surface area contributed by atoms with E-state index in [1.54, 1.807) is 7.11 Å². The van der Waals surface area contributed by atoms with E-state index in [0.717, 1.165) is 30.1 Å². The Morgan fingerprint density at radius 2 is 1.66 bits per heavy atom. The molecule has 4 rings (SSSR count). The standard InChI is InChI=1S/C23H26N6O3/c1-17(18-6-4-3-5-7-18)26-22-21(29(30)31)23(25-16-24-22)28-14-12-27(13-15-28)19-8-10-20(32-2)11-9-19/h3-11,16-17H,12-15H2,1-2H3,(H,24,25,26). The lowest BCUT2D eigenvalue weighted by Gasteiger charge is -2.36. The van der Waals surface area contributed by atoms with Gasteiger partial charge in [-0.3, -0.25) is 10.1 Å². The highest BCUT2D eigenvalue weighted by Gasteiger charge is 2.30. The van der Waals surface area contributed by atoms with Crippen LogP contribution in [0, 0.1) is 10.1 Å². The van der Waals surface area contributed by atoms with Gasteiger partial charge in [-0.05, 0) is 36.8 Å². The third kappa shape index (κ3) is 4.56. The second-order valence-electron chi connectivity index (χ2n) is 7.60. The molecule has 32 heavy (non-hydrogen) atoms. The minimum atomic E-state index is -0.398. The van der Waals surface area contributed by atoms with Gasteiger partial charge in [0.15, 0.2) is 0 Å². The minimum Gasteiger partial charge on any atom is -0.497 e. The zero-order chi connectivity index (χ0) is 22.5. The monoisotopic (exact) mass is 434 g/mol. The fraction of sp³-hybridized carbons (Fsp3) is 0.304. The summed E-state index contributed by atoms with van der Waals surface area (Å²) in [4.78, 5) is 24.3. The Kier molecular flexibility index (Phi) is 6.34. The Labute approximate surface area is 186 Å². The molecule has 1 fully saturated rings. The van der Waals surface area contributed by atoms with Crippen molar-refractivity contribution in [3.8, 4) is 5.75 Å². The lowest BCUT2D eigenvalue weighted by molar-refractivity contribution is -0.383. The molecule has 0 radical (unpaired) electrons. The smallest absolute Gasteiger partial charge is 0.353 e. The summed E-state index contributed by atoms with van der Waals surface area (Å²) >= 11 is 0. The van der Waals surface area contributed by atoms with Crippen molar-refractivity contribution in [1.29, 1.82) is 0 Å². The number of nitrogens with one attached hydrogen (secondary N) is 1. The molecule has 1 aromatic heterocycles. The van der Waals surface area contributed by atoms with Crippen molar-refractivity contribution >= 4 is 23.0 Å². The molecule has 1 unspecified atom stereocenters. The lowest BCUT2D eigenvalue weighted by atomic mass is 10.1. The first-order valence-corrected chi connectivity index (χ1v) is 10.5. The summed E-state index contributed by atoms with van der Waals surface area (Å²) in [6, 6.07) is 17.5. The fourth-order valence-corrected chi connectivity index (χ4v) is 3.87. The van der Waals surface area contributed by atoms with Gasteiger partial charge >= 0.3 is 5.69 Å². The van der Waals surface area contributed by atoms with Gasteiger partial charge in [0.2, 0.25) is 11.6 Å². The van der Waals surface area contributed by atoms with Gasteiger partial charge in [0.1, 0.15) is 12.1 Å². The van der Waals surface area contributed by atoms with Gasteiger partial charge in [0.05, 0.1) is 18.1 Å². The van der Waals surface area contributed by atoms with Gasteiger partial charge in [-0.2, -0.15) is 0 Å². The first-order chi connectivity index (χ1) is 15.6. The summed E-state index contributed by atoms with van der Waals surface area (Å²) in [5, 5.41) is 15.2. The van der Waals surface area contributed by atoms with Crippen LogP contribution in [-0.4, -0.2) is 48.2 Å². The van der Waals surface area contributed by atoms with Crippen LogP contribution in [0.2, 0.25) is 0 Å². The van der Waals surface area contributed by atoms with Crippen LogP contribution >= 0.6 is 0 Å². The molecule has 0 aliphatic carbocycles. The number of hydrogen-bond donors (Lipinski definition) is 1. The Hall–Kier alpha value is -3.88.